The predicted molar refractivity (Wildman–Crippen MR) is 107 cm³/mol. The van der Waals surface area contributed by atoms with E-state index in [2.05, 4.69) is 9.71 Å². The molecule has 3 rings (SSSR count). The summed E-state index contributed by atoms with van der Waals surface area (Å²) in [6.07, 6.45) is 0. The SMILES string of the molecule is CN(C)Cc1ccc(CSCCNC2=NS(=O)(=O)c3cccc([N+](=O)[O-])c32)o1. The zero-order chi connectivity index (χ0) is 20.3. The van der Waals surface area contributed by atoms with E-state index in [1.54, 1.807) is 11.8 Å². The summed E-state index contributed by atoms with van der Waals surface area (Å²) in [5.41, 5.74) is -0.252. The van der Waals surface area contributed by atoms with E-state index < -0.39 is 14.9 Å². The molecule has 0 spiro atoms. The van der Waals surface area contributed by atoms with Crippen LogP contribution < -0.4 is 5.32 Å². The lowest BCUT2D eigenvalue weighted by Crippen LogP contribution is -2.26. The van der Waals surface area contributed by atoms with E-state index in [1.807, 2.05) is 31.1 Å². The van der Waals surface area contributed by atoms with E-state index in [0.29, 0.717) is 18.1 Å². The number of nitro groups is 1. The van der Waals surface area contributed by atoms with Gasteiger partial charge in [0.25, 0.3) is 15.7 Å². The smallest absolute Gasteiger partial charge is 0.285 e. The van der Waals surface area contributed by atoms with Gasteiger partial charge in [-0.3, -0.25) is 10.1 Å². The van der Waals surface area contributed by atoms with Crippen LogP contribution in [0.4, 0.5) is 5.69 Å². The van der Waals surface area contributed by atoms with Crippen LogP contribution in [0.25, 0.3) is 0 Å². The third kappa shape index (κ3) is 4.54. The molecule has 0 radical (unpaired) electrons. The highest BCUT2D eigenvalue weighted by atomic mass is 32.2. The normalized spacial score (nSPS) is 14.8. The maximum atomic E-state index is 12.1. The highest BCUT2D eigenvalue weighted by molar-refractivity contribution is 7.98. The van der Waals surface area contributed by atoms with Crippen LogP contribution in [0.15, 0.2) is 44.0 Å². The molecular formula is C17H20N4O5S2. The quantitative estimate of drug-likeness (QED) is 0.389. The molecule has 2 aromatic rings. The van der Waals surface area contributed by atoms with E-state index in [1.165, 1.54) is 18.2 Å². The van der Waals surface area contributed by atoms with Gasteiger partial charge in [0.1, 0.15) is 22.0 Å². The third-order valence-electron chi connectivity index (χ3n) is 3.90. The molecule has 11 heteroatoms. The van der Waals surface area contributed by atoms with Gasteiger partial charge in [-0.1, -0.05) is 6.07 Å². The van der Waals surface area contributed by atoms with Gasteiger partial charge in [0.15, 0.2) is 5.84 Å². The Balaban J connectivity index is 1.56. The molecule has 0 saturated carbocycles. The largest absolute Gasteiger partial charge is 0.464 e. The number of thioether (sulfide) groups is 1. The minimum atomic E-state index is -3.91. The molecule has 1 aromatic carbocycles. The summed E-state index contributed by atoms with van der Waals surface area (Å²) in [6.45, 7) is 1.15. The molecule has 2 heterocycles. The Labute approximate surface area is 167 Å². The van der Waals surface area contributed by atoms with Gasteiger partial charge in [0, 0.05) is 18.4 Å². The molecule has 0 unspecified atom stereocenters. The van der Waals surface area contributed by atoms with Crippen molar-refractivity contribution >= 4 is 33.3 Å². The maximum Gasteiger partial charge on any atom is 0.285 e. The van der Waals surface area contributed by atoms with Crippen molar-refractivity contribution in [3.05, 3.63) is 57.5 Å². The minimum Gasteiger partial charge on any atom is -0.464 e. The molecule has 1 aliphatic rings. The van der Waals surface area contributed by atoms with Crippen molar-refractivity contribution in [3.63, 3.8) is 0 Å². The van der Waals surface area contributed by atoms with E-state index >= 15 is 0 Å². The highest BCUT2D eigenvalue weighted by Crippen LogP contribution is 2.32. The fourth-order valence-electron chi connectivity index (χ4n) is 2.77. The van der Waals surface area contributed by atoms with Crippen molar-refractivity contribution in [2.45, 2.75) is 17.2 Å². The van der Waals surface area contributed by atoms with Crippen LogP contribution in [0.3, 0.4) is 0 Å². The second-order valence-corrected chi connectivity index (χ2v) is 9.09. The number of benzene rings is 1. The van der Waals surface area contributed by atoms with E-state index in [9.17, 15) is 18.5 Å². The Morgan fingerprint density at radius 2 is 2.00 bits per heavy atom. The van der Waals surface area contributed by atoms with Crippen molar-refractivity contribution < 1.29 is 17.8 Å². The van der Waals surface area contributed by atoms with Crippen LogP contribution in [-0.4, -0.2) is 50.5 Å². The molecule has 1 aliphatic heterocycles. The number of hydrogen-bond acceptors (Lipinski definition) is 8. The molecule has 1 aromatic heterocycles. The number of furan rings is 1. The molecule has 0 bridgehead atoms. The first-order valence-electron chi connectivity index (χ1n) is 8.44. The van der Waals surface area contributed by atoms with Gasteiger partial charge >= 0.3 is 0 Å². The molecule has 0 saturated heterocycles. The van der Waals surface area contributed by atoms with E-state index in [-0.39, 0.29) is 22.0 Å². The average Bonchev–Trinajstić information content (AvgIpc) is 3.16. The molecule has 0 fully saturated rings. The predicted octanol–water partition coefficient (Wildman–Crippen LogP) is 2.22. The number of nitrogens with one attached hydrogen (secondary N) is 1. The fraction of sp³-hybridized carbons (Fsp3) is 0.353. The van der Waals surface area contributed by atoms with Crippen LogP contribution >= 0.6 is 11.8 Å². The Hall–Kier alpha value is -2.37. The lowest BCUT2D eigenvalue weighted by Gasteiger charge is -2.07. The lowest BCUT2D eigenvalue weighted by molar-refractivity contribution is -0.385. The van der Waals surface area contributed by atoms with Crippen molar-refractivity contribution in [3.8, 4) is 0 Å². The molecule has 9 nitrogen and oxygen atoms in total. The number of nitro benzene ring substituents is 1. The Kier molecular flexibility index (Phi) is 6.06. The summed E-state index contributed by atoms with van der Waals surface area (Å²) in [5, 5.41) is 14.1. The van der Waals surface area contributed by atoms with Crippen LogP contribution in [0.1, 0.15) is 17.1 Å². The molecule has 0 amide bonds. The van der Waals surface area contributed by atoms with Crippen LogP contribution in [0.5, 0.6) is 0 Å². The number of amidine groups is 1. The van der Waals surface area contributed by atoms with Gasteiger partial charge in [-0.25, -0.2) is 0 Å². The van der Waals surface area contributed by atoms with Crippen molar-refractivity contribution in [1.82, 2.24) is 10.2 Å². The number of fused-ring (bicyclic) bond motifs is 1. The first kappa shape index (κ1) is 20.4. The summed E-state index contributed by atoms with van der Waals surface area (Å²) >= 11 is 1.61. The first-order valence-corrected chi connectivity index (χ1v) is 11.0. The van der Waals surface area contributed by atoms with E-state index in [0.717, 1.165) is 18.1 Å². The number of hydrogen-bond donors (Lipinski definition) is 1. The second-order valence-electron chi connectivity index (χ2n) is 6.41. The van der Waals surface area contributed by atoms with Crippen LogP contribution in [-0.2, 0) is 22.3 Å². The third-order valence-corrected chi connectivity index (χ3v) is 6.20. The van der Waals surface area contributed by atoms with Crippen molar-refractivity contribution in [2.24, 2.45) is 4.40 Å². The topological polar surface area (TPSA) is 118 Å². The van der Waals surface area contributed by atoms with Gasteiger partial charge in [-0.15, -0.1) is 4.40 Å². The monoisotopic (exact) mass is 424 g/mol. The summed E-state index contributed by atoms with van der Waals surface area (Å²) in [7, 11) is 0.0301. The Morgan fingerprint density at radius 1 is 1.25 bits per heavy atom. The second kappa shape index (κ2) is 8.33. The van der Waals surface area contributed by atoms with Gasteiger partial charge in [0.2, 0.25) is 0 Å². The zero-order valence-corrected chi connectivity index (χ0v) is 17.0. The highest BCUT2D eigenvalue weighted by Gasteiger charge is 2.35. The summed E-state index contributed by atoms with van der Waals surface area (Å²) in [4.78, 5) is 12.5. The summed E-state index contributed by atoms with van der Waals surface area (Å²) < 4.78 is 33.6. The van der Waals surface area contributed by atoms with Gasteiger partial charge in [-0.05, 0) is 32.3 Å². The van der Waals surface area contributed by atoms with Crippen molar-refractivity contribution in [1.29, 1.82) is 0 Å². The molecule has 0 aliphatic carbocycles. The standard InChI is InChI=1S/C17H20N4O5S2/c1-20(2)10-12-6-7-13(26-12)11-27-9-8-18-17-16-14(21(22)23)4-3-5-15(16)28(24,25)19-17/h3-7H,8-11H2,1-2H3,(H,18,19). The van der Waals surface area contributed by atoms with Crippen molar-refractivity contribution in [2.75, 3.05) is 26.4 Å². The molecule has 150 valence electrons. The Morgan fingerprint density at radius 3 is 2.71 bits per heavy atom. The van der Waals surface area contributed by atoms with Gasteiger partial charge in [0.05, 0.1) is 17.2 Å². The maximum absolute atomic E-state index is 12.1. The average molecular weight is 425 g/mol. The van der Waals surface area contributed by atoms with Crippen LogP contribution in [0, 0.1) is 10.1 Å². The van der Waals surface area contributed by atoms with Gasteiger partial charge in [-0.2, -0.15) is 20.2 Å². The minimum absolute atomic E-state index is 0.0224. The number of nitrogens with zero attached hydrogens (tertiary/aromatic N) is 3. The number of sulfonamides is 1. The van der Waals surface area contributed by atoms with Crippen LogP contribution in [0.2, 0.25) is 0 Å². The zero-order valence-electron chi connectivity index (χ0n) is 15.4. The Bertz CT molecular complexity index is 1010. The fourth-order valence-corrected chi connectivity index (χ4v) is 4.72. The van der Waals surface area contributed by atoms with Gasteiger partial charge < -0.3 is 14.6 Å². The first-order chi connectivity index (χ1) is 13.3. The lowest BCUT2D eigenvalue weighted by atomic mass is 10.1. The molecule has 0 atom stereocenters. The molecule has 1 N–H and O–H groups in total. The molecule has 28 heavy (non-hydrogen) atoms. The van der Waals surface area contributed by atoms with E-state index in [4.69, 9.17) is 4.42 Å². The summed E-state index contributed by atoms with van der Waals surface area (Å²) in [5.74, 6) is 3.11. The number of rotatable bonds is 8. The summed E-state index contributed by atoms with van der Waals surface area (Å²) in [6, 6.07) is 7.83. The molecular weight excluding hydrogens is 404 g/mol.